The van der Waals surface area contributed by atoms with Gasteiger partial charge in [0, 0.05) is 11.4 Å². The molecule has 0 spiro atoms. The molecule has 3 aromatic rings. The summed E-state index contributed by atoms with van der Waals surface area (Å²) in [5.41, 5.74) is 3.37. The lowest BCUT2D eigenvalue weighted by Gasteiger charge is -2.21. The second-order valence-corrected chi connectivity index (χ2v) is 7.20. The molecule has 128 valence electrons. The summed E-state index contributed by atoms with van der Waals surface area (Å²) in [4.78, 5) is 1.20. The van der Waals surface area contributed by atoms with Crippen molar-refractivity contribution in [2.45, 2.75) is 19.5 Å². The second kappa shape index (κ2) is 8.23. The number of thiocarbonyl (C=S) groups is 1. The third-order valence-corrected chi connectivity index (χ3v) is 5.08. The fourth-order valence-corrected chi connectivity index (χ4v) is 3.49. The standard InChI is InChI=1S/C20H19FN2S2/c1-14-4-8-16(9-5-14)19(18-3-2-12-25-18)23-20(24)22-13-15-6-10-17(21)11-7-15/h2-12,19H,13H2,1H3,(H2,22,23,24)/t19-/m1/s1. The molecule has 3 rings (SSSR count). The minimum Gasteiger partial charge on any atom is -0.359 e. The molecule has 1 atom stereocenters. The summed E-state index contributed by atoms with van der Waals surface area (Å²) >= 11 is 7.16. The van der Waals surface area contributed by atoms with Gasteiger partial charge in [-0.2, -0.15) is 0 Å². The average molecular weight is 371 g/mol. The molecular formula is C20H19FN2S2. The monoisotopic (exact) mass is 370 g/mol. The SMILES string of the molecule is Cc1ccc([C@@H](NC(=S)NCc2ccc(F)cc2)c2cccs2)cc1. The van der Waals surface area contributed by atoms with Crippen LogP contribution in [0.3, 0.4) is 0 Å². The van der Waals surface area contributed by atoms with E-state index in [0.29, 0.717) is 11.7 Å². The highest BCUT2D eigenvalue weighted by Crippen LogP contribution is 2.26. The van der Waals surface area contributed by atoms with Crippen LogP contribution < -0.4 is 10.6 Å². The summed E-state index contributed by atoms with van der Waals surface area (Å²) < 4.78 is 13.0. The molecule has 25 heavy (non-hydrogen) atoms. The maximum atomic E-state index is 13.0. The topological polar surface area (TPSA) is 24.1 Å². The first kappa shape index (κ1) is 17.6. The third kappa shape index (κ3) is 4.87. The van der Waals surface area contributed by atoms with Gasteiger partial charge < -0.3 is 10.6 Å². The molecule has 0 aliphatic rings. The maximum Gasteiger partial charge on any atom is 0.167 e. The normalized spacial score (nSPS) is 11.8. The zero-order chi connectivity index (χ0) is 17.6. The summed E-state index contributed by atoms with van der Waals surface area (Å²) in [6.07, 6.45) is 0. The summed E-state index contributed by atoms with van der Waals surface area (Å²) in [6, 6.07) is 19.0. The van der Waals surface area contributed by atoms with E-state index in [-0.39, 0.29) is 11.9 Å². The molecule has 0 saturated carbocycles. The molecule has 0 aliphatic heterocycles. The largest absolute Gasteiger partial charge is 0.359 e. The van der Waals surface area contributed by atoms with E-state index in [4.69, 9.17) is 12.2 Å². The molecule has 2 nitrogen and oxygen atoms in total. The van der Waals surface area contributed by atoms with Gasteiger partial charge in [0.05, 0.1) is 6.04 Å². The maximum absolute atomic E-state index is 13.0. The first-order chi connectivity index (χ1) is 12.1. The molecule has 1 heterocycles. The van der Waals surface area contributed by atoms with E-state index in [1.807, 2.05) is 6.07 Å². The van der Waals surface area contributed by atoms with Crippen molar-refractivity contribution in [2.24, 2.45) is 0 Å². The molecule has 0 amide bonds. The van der Waals surface area contributed by atoms with Crippen LogP contribution in [0.15, 0.2) is 66.0 Å². The van der Waals surface area contributed by atoms with Crippen molar-refractivity contribution in [3.05, 3.63) is 93.4 Å². The van der Waals surface area contributed by atoms with E-state index >= 15 is 0 Å². The first-order valence-electron chi connectivity index (χ1n) is 8.00. The summed E-state index contributed by atoms with van der Waals surface area (Å²) in [7, 11) is 0. The fourth-order valence-electron chi connectivity index (χ4n) is 2.50. The van der Waals surface area contributed by atoms with Crippen LogP contribution in [-0.4, -0.2) is 5.11 Å². The Balaban J connectivity index is 1.68. The number of halogens is 1. The van der Waals surface area contributed by atoms with Crippen molar-refractivity contribution in [3.63, 3.8) is 0 Å². The van der Waals surface area contributed by atoms with Gasteiger partial charge >= 0.3 is 0 Å². The van der Waals surface area contributed by atoms with E-state index in [9.17, 15) is 4.39 Å². The molecule has 5 heteroatoms. The smallest absolute Gasteiger partial charge is 0.167 e. The number of thiophene rings is 1. The van der Waals surface area contributed by atoms with E-state index in [0.717, 1.165) is 5.56 Å². The van der Waals surface area contributed by atoms with Crippen LogP contribution in [0.2, 0.25) is 0 Å². The molecule has 0 unspecified atom stereocenters. The van der Waals surface area contributed by atoms with Gasteiger partial charge in [0.1, 0.15) is 5.82 Å². The lowest BCUT2D eigenvalue weighted by atomic mass is 10.0. The highest BCUT2D eigenvalue weighted by atomic mass is 32.1. The number of rotatable bonds is 5. The predicted octanol–water partition coefficient (Wildman–Crippen LogP) is 4.95. The lowest BCUT2D eigenvalue weighted by Crippen LogP contribution is -2.37. The Bertz CT molecular complexity index is 812. The van der Waals surface area contributed by atoms with Crippen molar-refractivity contribution in [1.29, 1.82) is 0 Å². The number of benzene rings is 2. The Morgan fingerprint density at radius 1 is 1.08 bits per heavy atom. The van der Waals surface area contributed by atoms with Crippen LogP contribution >= 0.6 is 23.6 Å². The highest BCUT2D eigenvalue weighted by molar-refractivity contribution is 7.80. The Morgan fingerprint density at radius 2 is 1.80 bits per heavy atom. The zero-order valence-corrected chi connectivity index (χ0v) is 15.5. The van der Waals surface area contributed by atoms with Crippen molar-refractivity contribution in [2.75, 3.05) is 0 Å². The predicted molar refractivity (Wildman–Crippen MR) is 106 cm³/mol. The number of hydrogen-bond acceptors (Lipinski definition) is 2. The van der Waals surface area contributed by atoms with Crippen LogP contribution in [0.25, 0.3) is 0 Å². The van der Waals surface area contributed by atoms with Gasteiger partial charge in [0.15, 0.2) is 5.11 Å². The Labute approximate surface area is 156 Å². The number of nitrogens with one attached hydrogen (secondary N) is 2. The number of aryl methyl sites for hydroxylation is 1. The molecule has 0 radical (unpaired) electrons. The molecule has 0 fully saturated rings. The van der Waals surface area contributed by atoms with E-state index in [2.05, 4.69) is 53.3 Å². The molecule has 0 bridgehead atoms. The first-order valence-corrected chi connectivity index (χ1v) is 9.29. The molecular weight excluding hydrogens is 351 g/mol. The molecule has 2 aromatic carbocycles. The van der Waals surface area contributed by atoms with Crippen LogP contribution in [-0.2, 0) is 6.54 Å². The molecule has 2 N–H and O–H groups in total. The summed E-state index contributed by atoms with van der Waals surface area (Å²) in [6.45, 7) is 2.63. The highest BCUT2D eigenvalue weighted by Gasteiger charge is 2.16. The Kier molecular flexibility index (Phi) is 5.79. The zero-order valence-electron chi connectivity index (χ0n) is 13.8. The minimum absolute atomic E-state index is 0.00816. The van der Waals surface area contributed by atoms with Gasteiger partial charge in [-0.3, -0.25) is 0 Å². The van der Waals surface area contributed by atoms with Crippen molar-refractivity contribution < 1.29 is 4.39 Å². The van der Waals surface area contributed by atoms with E-state index in [1.54, 1.807) is 23.5 Å². The Hall–Kier alpha value is -2.24. The summed E-state index contributed by atoms with van der Waals surface area (Å²) in [5.74, 6) is -0.235. The van der Waals surface area contributed by atoms with Crippen molar-refractivity contribution in [1.82, 2.24) is 10.6 Å². The lowest BCUT2D eigenvalue weighted by molar-refractivity contribution is 0.626. The van der Waals surface area contributed by atoms with Gasteiger partial charge in [0.25, 0.3) is 0 Å². The fraction of sp³-hybridized carbons (Fsp3) is 0.150. The molecule has 0 saturated heterocycles. The number of hydrogen-bond donors (Lipinski definition) is 2. The van der Waals surface area contributed by atoms with Crippen molar-refractivity contribution in [3.8, 4) is 0 Å². The quantitative estimate of drug-likeness (QED) is 0.622. The van der Waals surface area contributed by atoms with E-state index < -0.39 is 0 Å². The van der Waals surface area contributed by atoms with Crippen LogP contribution in [0.4, 0.5) is 4.39 Å². The van der Waals surface area contributed by atoms with Gasteiger partial charge in [-0.05, 0) is 53.8 Å². The Morgan fingerprint density at radius 3 is 2.44 bits per heavy atom. The van der Waals surface area contributed by atoms with Gasteiger partial charge in [-0.15, -0.1) is 11.3 Å². The van der Waals surface area contributed by atoms with Crippen molar-refractivity contribution >= 4 is 28.7 Å². The van der Waals surface area contributed by atoms with Crippen LogP contribution in [0, 0.1) is 12.7 Å². The minimum atomic E-state index is -0.235. The molecule has 1 aromatic heterocycles. The van der Waals surface area contributed by atoms with E-state index in [1.165, 1.54) is 28.1 Å². The summed E-state index contributed by atoms with van der Waals surface area (Å²) in [5, 5.41) is 9.22. The second-order valence-electron chi connectivity index (χ2n) is 5.81. The van der Waals surface area contributed by atoms with Crippen LogP contribution in [0.5, 0.6) is 0 Å². The van der Waals surface area contributed by atoms with Gasteiger partial charge in [-0.1, -0.05) is 48.0 Å². The third-order valence-electron chi connectivity index (χ3n) is 3.88. The van der Waals surface area contributed by atoms with Crippen LogP contribution in [0.1, 0.15) is 27.6 Å². The average Bonchev–Trinajstić information content (AvgIpc) is 3.14. The van der Waals surface area contributed by atoms with Gasteiger partial charge in [0.2, 0.25) is 0 Å². The van der Waals surface area contributed by atoms with Gasteiger partial charge in [-0.25, -0.2) is 4.39 Å². The molecule has 0 aliphatic carbocycles.